The molecule has 1 N–H and O–H groups in total. The van der Waals surface area contributed by atoms with Gasteiger partial charge in [0.25, 0.3) is 11.8 Å². The van der Waals surface area contributed by atoms with Crippen LogP contribution in [0.1, 0.15) is 15.9 Å². The fraction of sp³-hybridized carbons (Fsp3) is 0.182. The molecule has 6 heteroatoms. The number of carbonyl (C=O) groups excluding carboxylic acids is 2. The zero-order valence-electron chi connectivity index (χ0n) is 15.3. The minimum Gasteiger partial charge on any atom is -0.378 e. The molecule has 5 nitrogen and oxygen atoms in total. The second kappa shape index (κ2) is 10.0. The van der Waals surface area contributed by atoms with Crippen LogP contribution in [0.15, 0.2) is 76.9 Å². The number of allylic oxidation sites excluding steroid dienone is 2. The largest absolute Gasteiger partial charge is 0.378 e. The van der Waals surface area contributed by atoms with Crippen LogP contribution in [-0.4, -0.2) is 43.0 Å². The van der Waals surface area contributed by atoms with E-state index < -0.39 is 0 Å². The molecule has 0 saturated carbocycles. The Morgan fingerprint density at radius 3 is 2.36 bits per heavy atom. The van der Waals surface area contributed by atoms with Gasteiger partial charge in [-0.2, -0.15) is 0 Å². The lowest BCUT2D eigenvalue weighted by Gasteiger charge is -2.27. The standard InChI is InChI=1S/C22H21BrN2O3/c23-19-11-9-18(10-12-19)21(26)24-20(22(27)25-13-15-28-16-14-25)8-4-7-17-5-2-1-3-6-17/h1-12H,13-16H2,(H,24,26). The number of nitrogens with one attached hydrogen (secondary N) is 1. The van der Waals surface area contributed by atoms with Gasteiger partial charge in [0.2, 0.25) is 0 Å². The second-order valence-corrected chi connectivity index (χ2v) is 7.13. The number of nitrogens with zero attached hydrogens (tertiary/aromatic N) is 1. The number of hydrogen-bond donors (Lipinski definition) is 1. The van der Waals surface area contributed by atoms with E-state index in [4.69, 9.17) is 4.74 Å². The molecule has 2 amide bonds. The highest BCUT2D eigenvalue weighted by atomic mass is 79.9. The first kappa shape index (κ1) is 20.0. The van der Waals surface area contributed by atoms with Crippen molar-refractivity contribution in [3.63, 3.8) is 0 Å². The first-order chi connectivity index (χ1) is 13.6. The molecule has 0 spiro atoms. The molecule has 1 aliphatic heterocycles. The van der Waals surface area contributed by atoms with E-state index in [9.17, 15) is 9.59 Å². The summed E-state index contributed by atoms with van der Waals surface area (Å²) >= 11 is 3.35. The van der Waals surface area contributed by atoms with E-state index in [-0.39, 0.29) is 17.5 Å². The summed E-state index contributed by atoms with van der Waals surface area (Å²) in [6.45, 7) is 2.01. The number of morpholine rings is 1. The molecular weight excluding hydrogens is 420 g/mol. The van der Waals surface area contributed by atoms with Crippen molar-refractivity contribution < 1.29 is 14.3 Å². The normalized spacial score (nSPS) is 14.9. The van der Waals surface area contributed by atoms with Crippen LogP contribution in [0.2, 0.25) is 0 Å². The minimum absolute atomic E-state index is 0.216. The van der Waals surface area contributed by atoms with Crippen molar-refractivity contribution in [2.75, 3.05) is 26.3 Å². The fourth-order valence-electron chi connectivity index (χ4n) is 2.72. The average molecular weight is 441 g/mol. The van der Waals surface area contributed by atoms with Crippen molar-refractivity contribution in [1.82, 2.24) is 10.2 Å². The van der Waals surface area contributed by atoms with Gasteiger partial charge >= 0.3 is 0 Å². The third-order valence-corrected chi connectivity index (χ3v) is 4.76. The number of ether oxygens (including phenoxy) is 1. The quantitative estimate of drug-likeness (QED) is 0.570. The summed E-state index contributed by atoms with van der Waals surface area (Å²) in [7, 11) is 0. The van der Waals surface area contributed by atoms with Crippen LogP contribution in [0.5, 0.6) is 0 Å². The number of hydrogen-bond acceptors (Lipinski definition) is 3. The Morgan fingerprint density at radius 2 is 1.68 bits per heavy atom. The van der Waals surface area contributed by atoms with Gasteiger partial charge in [0.1, 0.15) is 5.70 Å². The Kier molecular flexibility index (Phi) is 7.17. The van der Waals surface area contributed by atoms with E-state index in [0.717, 1.165) is 10.0 Å². The first-order valence-corrected chi connectivity index (χ1v) is 9.80. The molecule has 1 saturated heterocycles. The van der Waals surface area contributed by atoms with Crippen LogP contribution >= 0.6 is 15.9 Å². The van der Waals surface area contributed by atoms with E-state index in [1.54, 1.807) is 41.3 Å². The maximum Gasteiger partial charge on any atom is 0.270 e. The summed E-state index contributed by atoms with van der Waals surface area (Å²) in [5.74, 6) is -0.542. The molecule has 0 unspecified atom stereocenters. The smallest absolute Gasteiger partial charge is 0.270 e. The number of benzene rings is 2. The Bertz CT molecular complexity index is 870. The van der Waals surface area contributed by atoms with E-state index in [1.165, 1.54) is 0 Å². The van der Waals surface area contributed by atoms with Crippen molar-refractivity contribution in [3.8, 4) is 0 Å². The van der Waals surface area contributed by atoms with Crippen LogP contribution in [-0.2, 0) is 9.53 Å². The molecule has 2 aromatic carbocycles. The molecule has 1 aliphatic rings. The first-order valence-electron chi connectivity index (χ1n) is 9.01. The molecule has 0 radical (unpaired) electrons. The highest BCUT2D eigenvalue weighted by Gasteiger charge is 2.22. The maximum absolute atomic E-state index is 12.9. The molecule has 1 heterocycles. The highest BCUT2D eigenvalue weighted by Crippen LogP contribution is 2.12. The molecule has 0 bridgehead atoms. The van der Waals surface area contributed by atoms with Gasteiger partial charge in [-0.3, -0.25) is 9.59 Å². The van der Waals surface area contributed by atoms with Crippen molar-refractivity contribution in [2.24, 2.45) is 0 Å². The number of amides is 2. The molecule has 144 valence electrons. The summed E-state index contributed by atoms with van der Waals surface area (Å²) in [5, 5.41) is 2.76. The van der Waals surface area contributed by atoms with Gasteiger partial charge in [0, 0.05) is 23.1 Å². The average Bonchev–Trinajstić information content (AvgIpc) is 2.74. The zero-order valence-corrected chi connectivity index (χ0v) is 16.9. The lowest BCUT2D eigenvalue weighted by atomic mass is 10.2. The van der Waals surface area contributed by atoms with E-state index >= 15 is 0 Å². The molecule has 28 heavy (non-hydrogen) atoms. The number of halogens is 1. The van der Waals surface area contributed by atoms with Crippen LogP contribution in [0, 0.1) is 0 Å². The maximum atomic E-state index is 12.9. The van der Waals surface area contributed by atoms with Gasteiger partial charge in [-0.15, -0.1) is 0 Å². The molecular formula is C22H21BrN2O3. The lowest BCUT2D eigenvalue weighted by molar-refractivity contribution is -0.131. The molecule has 0 aliphatic carbocycles. The van der Waals surface area contributed by atoms with E-state index in [2.05, 4.69) is 21.2 Å². The van der Waals surface area contributed by atoms with Gasteiger partial charge in [0.15, 0.2) is 0 Å². The number of carbonyl (C=O) groups is 2. The third-order valence-electron chi connectivity index (χ3n) is 4.23. The summed E-state index contributed by atoms with van der Waals surface area (Å²) in [4.78, 5) is 27.2. The monoisotopic (exact) mass is 440 g/mol. The van der Waals surface area contributed by atoms with E-state index in [1.807, 2.05) is 36.4 Å². The summed E-state index contributed by atoms with van der Waals surface area (Å²) in [6, 6.07) is 16.7. The topological polar surface area (TPSA) is 58.6 Å². The van der Waals surface area contributed by atoms with E-state index in [0.29, 0.717) is 31.9 Å². The van der Waals surface area contributed by atoms with Crippen molar-refractivity contribution >= 4 is 33.8 Å². The summed E-state index contributed by atoms with van der Waals surface area (Å²) in [6.07, 6.45) is 5.30. The van der Waals surface area contributed by atoms with Gasteiger partial charge < -0.3 is 15.0 Å². The minimum atomic E-state index is -0.325. The summed E-state index contributed by atoms with van der Waals surface area (Å²) in [5.41, 5.74) is 1.73. The molecule has 3 rings (SSSR count). The SMILES string of the molecule is O=C(NC(=CC=Cc1ccccc1)C(=O)N1CCOCC1)c1ccc(Br)cc1. The molecule has 0 atom stereocenters. The molecule has 1 fully saturated rings. The Balaban J connectivity index is 1.79. The highest BCUT2D eigenvalue weighted by molar-refractivity contribution is 9.10. The van der Waals surface area contributed by atoms with Gasteiger partial charge in [-0.1, -0.05) is 58.4 Å². The fourth-order valence-corrected chi connectivity index (χ4v) is 2.98. The Hall–Kier alpha value is -2.70. The van der Waals surface area contributed by atoms with Crippen LogP contribution in [0.3, 0.4) is 0 Å². The van der Waals surface area contributed by atoms with Crippen LogP contribution in [0.25, 0.3) is 6.08 Å². The Labute approximate surface area is 172 Å². The Morgan fingerprint density at radius 1 is 1.00 bits per heavy atom. The predicted molar refractivity (Wildman–Crippen MR) is 113 cm³/mol. The van der Waals surface area contributed by atoms with Crippen molar-refractivity contribution in [1.29, 1.82) is 0 Å². The van der Waals surface area contributed by atoms with Crippen LogP contribution in [0.4, 0.5) is 0 Å². The zero-order chi connectivity index (χ0) is 19.8. The molecule has 2 aromatic rings. The predicted octanol–water partition coefficient (Wildman–Crippen LogP) is 3.64. The van der Waals surface area contributed by atoms with Gasteiger partial charge in [0.05, 0.1) is 13.2 Å². The van der Waals surface area contributed by atoms with Gasteiger partial charge in [-0.25, -0.2) is 0 Å². The lowest BCUT2D eigenvalue weighted by Crippen LogP contribution is -2.44. The second-order valence-electron chi connectivity index (χ2n) is 6.22. The molecule has 0 aromatic heterocycles. The van der Waals surface area contributed by atoms with Crippen molar-refractivity contribution in [3.05, 3.63) is 88.0 Å². The van der Waals surface area contributed by atoms with Gasteiger partial charge in [-0.05, 0) is 35.9 Å². The summed E-state index contributed by atoms with van der Waals surface area (Å²) < 4.78 is 6.20. The third kappa shape index (κ3) is 5.65. The van der Waals surface area contributed by atoms with Crippen molar-refractivity contribution in [2.45, 2.75) is 0 Å². The number of rotatable bonds is 5. The van der Waals surface area contributed by atoms with Crippen LogP contribution < -0.4 is 5.32 Å².